The Kier molecular flexibility index (Phi) is 6.55. The van der Waals surface area contributed by atoms with Gasteiger partial charge in [0, 0.05) is 23.5 Å². The minimum atomic E-state index is -4.03. The van der Waals surface area contributed by atoms with Crippen molar-refractivity contribution in [2.24, 2.45) is 0 Å². The van der Waals surface area contributed by atoms with Crippen LogP contribution in [0.4, 0.5) is 11.5 Å². The van der Waals surface area contributed by atoms with E-state index in [0.29, 0.717) is 17.3 Å². The van der Waals surface area contributed by atoms with Crippen molar-refractivity contribution in [3.8, 4) is 11.5 Å². The standard InChI is InChI=1S/C20H22N4O6S2/c1-13-11-20(22-14(2)21-13)24-31(25,26)17-8-5-15(6-9-17)23-32(27,28)19-12-16(29-3)7-10-18(19)30-4/h5-12,23H,1-4H3,(H,21,22,24). The highest BCUT2D eigenvalue weighted by Crippen LogP contribution is 2.30. The van der Waals surface area contributed by atoms with Crippen molar-refractivity contribution in [1.29, 1.82) is 0 Å². The van der Waals surface area contributed by atoms with Crippen LogP contribution >= 0.6 is 0 Å². The minimum Gasteiger partial charge on any atom is -0.497 e. The van der Waals surface area contributed by atoms with Crippen LogP contribution in [0.2, 0.25) is 0 Å². The molecule has 0 spiro atoms. The second-order valence-corrected chi connectivity index (χ2v) is 10.0. The first-order chi connectivity index (χ1) is 15.0. The number of sulfonamides is 2. The Hall–Kier alpha value is -3.38. The number of anilines is 2. The van der Waals surface area contributed by atoms with E-state index < -0.39 is 20.0 Å². The lowest BCUT2D eigenvalue weighted by atomic mass is 10.3. The fourth-order valence-electron chi connectivity index (χ4n) is 2.87. The molecule has 10 nitrogen and oxygen atoms in total. The summed E-state index contributed by atoms with van der Waals surface area (Å²) in [7, 11) is -5.19. The van der Waals surface area contributed by atoms with Crippen molar-refractivity contribution in [2.45, 2.75) is 23.6 Å². The van der Waals surface area contributed by atoms with Crippen molar-refractivity contribution < 1.29 is 26.3 Å². The van der Waals surface area contributed by atoms with Crippen molar-refractivity contribution >= 4 is 31.6 Å². The molecule has 2 N–H and O–H groups in total. The maximum Gasteiger partial charge on any atom is 0.265 e. The molecule has 0 aliphatic heterocycles. The number of ether oxygens (including phenoxy) is 2. The van der Waals surface area contributed by atoms with Gasteiger partial charge in [0.2, 0.25) is 0 Å². The van der Waals surface area contributed by atoms with E-state index in [-0.39, 0.29) is 27.0 Å². The van der Waals surface area contributed by atoms with Crippen LogP contribution in [0, 0.1) is 13.8 Å². The zero-order chi connectivity index (χ0) is 23.5. The summed E-state index contributed by atoms with van der Waals surface area (Å²) in [6.07, 6.45) is 0. The van der Waals surface area contributed by atoms with Crippen LogP contribution in [0.1, 0.15) is 11.5 Å². The van der Waals surface area contributed by atoms with Crippen molar-refractivity contribution in [3.05, 3.63) is 60.0 Å². The summed E-state index contributed by atoms with van der Waals surface area (Å²) in [5.41, 5.74) is 0.787. The summed E-state index contributed by atoms with van der Waals surface area (Å²) in [5, 5.41) is 0. The van der Waals surface area contributed by atoms with Gasteiger partial charge in [-0.3, -0.25) is 9.44 Å². The third-order valence-corrected chi connectivity index (χ3v) is 7.06. The number of methoxy groups -OCH3 is 2. The molecule has 1 heterocycles. The topological polar surface area (TPSA) is 137 Å². The molecular weight excluding hydrogens is 456 g/mol. The van der Waals surface area contributed by atoms with E-state index in [9.17, 15) is 16.8 Å². The van der Waals surface area contributed by atoms with E-state index in [2.05, 4.69) is 19.4 Å². The van der Waals surface area contributed by atoms with Crippen LogP contribution in [0.5, 0.6) is 11.5 Å². The fourth-order valence-corrected chi connectivity index (χ4v) is 5.11. The van der Waals surface area contributed by atoms with Crippen LogP contribution in [-0.2, 0) is 20.0 Å². The zero-order valence-corrected chi connectivity index (χ0v) is 19.4. The van der Waals surface area contributed by atoms with Gasteiger partial charge in [-0.15, -0.1) is 0 Å². The lowest BCUT2D eigenvalue weighted by Gasteiger charge is -2.13. The van der Waals surface area contributed by atoms with Gasteiger partial charge in [0.05, 0.1) is 19.1 Å². The van der Waals surface area contributed by atoms with Crippen molar-refractivity contribution in [3.63, 3.8) is 0 Å². The maximum atomic E-state index is 12.8. The quantitative estimate of drug-likeness (QED) is 0.504. The summed E-state index contributed by atoms with van der Waals surface area (Å²) in [4.78, 5) is 7.98. The first-order valence-electron chi connectivity index (χ1n) is 9.24. The molecule has 0 bridgehead atoms. The minimum absolute atomic E-state index is 0.0617. The number of benzene rings is 2. The molecule has 12 heteroatoms. The Morgan fingerprint density at radius 3 is 2.06 bits per heavy atom. The summed E-state index contributed by atoms with van der Waals surface area (Å²) < 4.78 is 66.0. The largest absolute Gasteiger partial charge is 0.497 e. The van der Waals surface area contributed by atoms with Gasteiger partial charge in [0.1, 0.15) is 28.0 Å². The molecule has 3 rings (SSSR count). The van der Waals surface area contributed by atoms with E-state index >= 15 is 0 Å². The van der Waals surface area contributed by atoms with E-state index in [0.717, 1.165) is 0 Å². The molecule has 0 fully saturated rings. The van der Waals surface area contributed by atoms with Crippen LogP contribution in [0.15, 0.2) is 58.3 Å². The highest BCUT2D eigenvalue weighted by molar-refractivity contribution is 7.93. The third kappa shape index (κ3) is 5.26. The maximum absolute atomic E-state index is 12.8. The molecule has 170 valence electrons. The second kappa shape index (κ2) is 9.01. The van der Waals surface area contributed by atoms with Gasteiger partial charge in [-0.25, -0.2) is 26.8 Å². The number of aryl methyl sites for hydroxylation is 2. The van der Waals surface area contributed by atoms with Gasteiger partial charge in [-0.05, 0) is 50.2 Å². The Bertz CT molecular complexity index is 1320. The predicted molar refractivity (Wildman–Crippen MR) is 119 cm³/mol. The second-order valence-electron chi connectivity index (χ2n) is 6.69. The lowest BCUT2D eigenvalue weighted by Crippen LogP contribution is -2.16. The molecule has 0 saturated heterocycles. The third-order valence-electron chi connectivity index (χ3n) is 4.28. The Labute approximate surface area is 186 Å². The summed E-state index contributed by atoms with van der Waals surface area (Å²) in [6, 6.07) is 11.1. The van der Waals surface area contributed by atoms with E-state index in [1.807, 2.05) is 0 Å². The van der Waals surface area contributed by atoms with Crippen LogP contribution in [0.3, 0.4) is 0 Å². The van der Waals surface area contributed by atoms with E-state index in [1.54, 1.807) is 19.9 Å². The van der Waals surface area contributed by atoms with E-state index in [1.165, 1.54) is 56.7 Å². The normalized spacial score (nSPS) is 11.6. The zero-order valence-electron chi connectivity index (χ0n) is 17.8. The number of nitrogens with one attached hydrogen (secondary N) is 2. The average Bonchev–Trinajstić information content (AvgIpc) is 2.72. The Morgan fingerprint density at radius 1 is 0.781 bits per heavy atom. The first kappa shape index (κ1) is 23.3. The molecule has 1 aromatic heterocycles. The highest BCUT2D eigenvalue weighted by atomic mass is 32.2. The van der Waals surface area contributed by atoms with Gasteiger partial charge in [0.25, 0.3) is 20.0 Å². The molecule has 0 amide bonds. The number of hydrogen-bond donors (Lipinski definition) is 2. The Balaban J connectivity index is 1.84. The fraction of sp³-hybridized carbons (Fsp3) is 0.200. The number of rotatable bonds is 8. The summed E-state index contributed by atoms with van der Waals surface area (Å²) in [5.74, 6) is 1.05. The monoisotopic (exact) mass is 478 g/mol. The number of hydrogen-bond acceptors (Lipinski definition) is 8. The van der Waals surface area contributed by atoms with Gasteiger partial charge in [0.15, 0.2) is 0 Å². The SMILES string of the molecule is COc1ccc(OC)c(S(=O)(=O)Nc2ccc(S(=O)(=O)Nc3cc(C)nc(C)n3)cc2)c1. The van der Waals surface area contributed by atoms with Gasteiger partial charge < -0.3 is 9.47 Å². The molecule has 2 aromatic carbocycles. The number of nitrogens with zero attached hydrogens (tertiary/aromatic N) is 2. The molecule has 0 aliphatic carbocycles. The number of aromatic nitrogens is 2. The smallest absolute Gasteiger partial charge is 0.265 e. The highest BCUT2D eigenvalue weighted by Gasteiger charge is 2.22. The van der Waals surface area contributed by atoms with Crippen molar-refractivity contribution in [2.75, 3.05) is 23.7 Å². The molecule has 0 radical (unpaired) electrons. The van der Waals surface area contributed by atoms with Gasteiger partial charge >= 0.3 is 0 Å². The van der Waals surface area contributed by atoms with Gasteiger partial charge in [-0.1, -0.05) is 0 Å². The molecular formula is C20H22N4O6S2. The summed E-state index contributed by atoms with van der Waals surface area (Å²) >= 11 is 0. The molecule has 0 aliphatic rings. The van der Waals surface area contributed by atoms with Crippen LogP contribution in [-0.4, -0.2) is 41.0 Å². The predicted octanol–water partition coefficient (Wildman–Crippen LogP) is 2.71. The molecule has 3 aromatic rings. The average molecular weight is 479 g/mol. The molecule has 32 heavy (non-hydrogen) atoms. The van der Waals surface area contributed by atoms with Crippen LogP contribution in [0.25, 0.3) is 0 Å². The van der Waals surface area contributed by atoms with E-state index in [4.69, 9.17) is 9.47 Å². The molecule has 0 unspecified atom stereocenters. The first-order valence-corrected chi connectivity index (χ1v) is 12.2. The Morgan fingerprint density at radius 2 is 1.47 bits per heavy atom. The van der Waals surface area contributed by atoms with Crippen LogP contribution < -0.4 is 18.9 Å². The van der Waals surface area contributed by atoms with Crippen molar-refractivity contribution in [1.82, 2.24) is 9.97 Å². The molecule has 0 saturated carbocycles. The molecule has 0 atom stereocenters. The van der Waals surface area contributed by atoms with Gasteiger partial charge in [-0.2, -0.15) is 0 Å². The lowest BCUT2D eigenvalue weighted by molar-refractivity contribution is 0.392. The summed E-state index contributed by atoms with van der Waals surface area (Å²) in [6.45, 7) is 3.38.